The standard InChI is InChI=1S/C13H16NO3/c1-13(2)8-11(15)10(12(16)17-13)9-14-6-4-3-5-7-14/h3-7,10H,8-9H2,1-2H3/q+1. The molecule has 0 aromatic carbocycles. The SMILES string of the molecule is CC1(C)CC(=O)C(C[n+]2ccccc2)C(=O)O1. The van der Waals surface area contributed by atoms with Gasteiger partial charge in [0.2, 0.25) is 0 Å². The van der Waals surface area contributed by atoms with E-state index in [0.29, 0.717) is 6.54 Å². The van der Waals surface area contributed by atoms with Crippen molar-refractivity contribution in [3.8, 4) is 0 Å². The largest absolute Gasteiger partial charge is 0.458 e. The summed E-state index contributed by atoms with van der Waals surface area (Å²) in [5, 5.41) is 0. The Bertz CT molecular complexity index is 419. The average Bonchev–Trinajstić information content (AvgIpc) is 2.24. The topological polar surface area (TPSA) is 47.2 Å². The van der Waals surface area contributed by atoms with Crippen LogP contribution in [-0.2, 0) is 20.9 Å². The van der Waals surface area contributed by atoms with Gasteiger partial charge in [0.15, 0.2) is 30.6 Å². The summed E-state index contributed by atoms with van der Waals surface area (Å²) in [4.78, 5) is 23.7. The van der Waals surface area contributed by atoms with E-state index >= 15 is 0 Å². The molecule has 0 amide bonds. The highest BCUT2D eigenvalue weighted by molar-refractivity contribution is 6.01. The summed E-state index contributed by atoms with van der Waals surface area (Å²) >= 11 is 0. The monoisotopic (exact) mass is 234 g/mol. The first-order valence-electron chi connectivity index (χ1n) is 5.68. The summed E-state index contributed by atoms with van der Waals surface area (Å²) in [6.45, 7) is 3.87. The van der Waals surface area contributed by atoms with Gasteiger partial charge in [-0.05, 0) is 13.8 Å². The van der Waals surface area contributed by atoms with E-state index in [1.807, 2.05) is 35.2 Å². The van der Waals surface area contributed by atoms with E-state index < -0.39 is 17.5 Å². The van der Waals surface area contributed by atoms with Crippen LogP contribution in [0.15, 0.2) is 30.6 Å². The summed E-state index contributed by atoms with van der Waals surface area (Å²) in [5.74, 6) is -1.12. The maximum absolute atomic E-state index is 11.9. The minimum atomic E-state index is -0.671. The van der Waals surface area contributed by atoms with E-state index in [0.717, 1.165) is 0 Å². The summed E-state index contributed by atoms with van der Waals surface area (Å²) in [5.41, 5.74) is -0.661. The van der Waals surface area contributed by atoms with Crippen molar-refractivity contribution in [3.05, 3.63) is 30.6 Å². The molecule has 0 saturated carbocycles. The Hall–Kier alpha value is -1.71. The molecule has 2 rings (SSSR count). The summed E-state index contributed by atoms with van der Waals surface area (Å²) in [6.07, 6.45) is 3.96. The van der Waals surface area contributed by atoms with Crippen molar-refractivity contribution in [2.24, 2.45) is 5.92 Å². The highest BCUT2D eigenvalue weighted by Crippen LogP contribution is 2.25. The van der Waals surface area contributed by atoms with Gasteiger partial charge in [0, 0.05) is 18.6 Å². The Morgan fingerprint density at radius 2 is 1.94 bits per heavy atom. The number of carbonyl (C=O) groups excluding carboxylic acids is 2. The van der Waals surface area contributed by atoms with Gasteiger partial charge in [-0.25, -0.2) is 4.57 Å². The van der Waals surface area contributed by atoms with Gasteiger partial charge in [-0.2, -0.15) is 0 Å². The second kappa shape index (κ2) is 4.28. The van der Waals surface area contributed by atoms with Crippen LogP contribution in [0.4, 0.5) is 0 Å². The molecule has 4 heteroatoms. The maximum Gasteiger partial charge on any atom is 0.323 e. The number of Topliss-reactive ketones (excluding diaryl/α,β-unsaturated/α-hetero) is 1. The molecule has 17 heavy (non-hydrogen) atoms. The molecule has 0 aliphatic carbocycles. The molecule has 1 atom stereocenters. The van der Waals surface area contributed by atoms with Crippen molar-refractivity contribution >= 4 is 11.8 Å². The molecule has 4 nitrogen and oxygen atoms in total. The van der Waals surface area contributed by atoms with E-state index in [9.17, 15) is 9.59 Å². The van der Waals surface area contributed by atoms with E-state index in [2.05, 4.69) is 0 Å². The van der Waals surface area contributed by atoms with Gasteiger partial charge < -0.3 is 4.74 Å². The zero-order valence-corrected chi connectivity index (χ0v) is 10.1. The highest BCUT2D eigenvalue weighted by Gasteiger charge is 2.43. The fraction of sp³-hybridized carbons (Fsp3) is 0.462. The number of nitrogens with zero attached hydrogens (tertiary/aromatic N) is 1. The number of aromatic nitrogens is 1. The van der Waals surface area contributed by atoms with Crippen molar-refractivity contribution in [2.45, 2.75) is 32.4 Å². The number of ether oxygens (including phenoxy) is 1. The Morgan fingerprint density at radius 3 is 2.53 bits per heavy atom. The number of cyclic esters (lactones) is 1. The minimum absolute atomic E-state index is 0.0393. The number of hydrogen-bond acceptors (Lipinski definition) is 3. The molecule has 0 bridgehead atoms. The number of carbonyl (C=O) groups is 2. The van der Waals surface area contributed by atoms with Gasteiger partial charge in [-0.15, -0.1) is 0 Å². The van der Waals surface area contributed by atoms with E-state index in [1.54, 1.807) is 13.8 Å². The third-order valence-corrected chi connectivity index (χ3v) is 2.82. The van der Waals surface area contributed by atoms with Crippen LogP contribution < -0.4 is 4.57 Å². The Labute approximate surface area is 100 Å². The predicted molar refractivity (Wildman–Crippen MR) is 59.9 cm³/mol. The molecular weight excluding hydrogens is 218 g/mol. The molecule has 0 spiro atoms. The average molecular weight is 234 g/mol. The number of esters is 1. The molecule has 1 aliphatic heterocycles. The highest BCUT2D eigenvalue weighted by atomic mass is 16.6. The fourth-order valence-corrected chi connectivity index (χ4v) is 2.00. The molecule has 1 aromatic heterocycles. The number of pyridine rings is 1. The van der Waals surface area contributed by atoms with Gasteiger partial charge >= 0.3 is 5.97 Å². The normalized spacial score (nSPS) is 23.3. The van der Waals surface area contributed by atoms with Crippen LogP contribution in [0, 0.1) is 5.92 Å². The van der Waals surface area contributed by atoms with E-state index in [4.69, 9.17) is 4.74 Å². The second-order valence-corrected chi connectivity index (χ2v) is 4.95. The van der Waals surface area contributed by atoms with Crippen LogP contribution in [0.25, 0.3) is 0 Å². The molecule has 1 unspecified atom stereocenters. The van der Waals surface area contributed by atoms with Gasteiger partial charge in [0.05, 0.1) is 0 Å². The zero-order chi connectivity index (χ0) is 12.5. The first kappa shape index (κ1) is 11.8. The van der Waals surface area contributed by atoms with Crippen molar-refractivity contribution in [3.63, 3.8) is 0 Å². The number of rotatable bonds is 2. The molecular formula is C13H16NO3+. The van der Waals surface area contributed by atoms with Gasteiger partial charge in [-0.1, -0.05) is 6.07 Å². The molecule has 90 valence electrons. The molecule has 0 N–H and O–H groups in total. The summed E-state index contributed by atoms with van der Waals surface area (Å²) in [7, 11) is 0. The van der Waals surface area contributed by atoms with Crippen molar-refractivity contribution in [1.82, 2.24) is 0 Å². The van der Waals surface area contributed by atoms with Crippen molar-refractivity contribution in [1.29, 1.82) is 0 Å². The zero-order valence-electron chi connectivity index (χ0n) is 10.1. The first-order chi connectivity index (χ1) is 7.98. The first-order valence-corrected chi connectivity index (χ1v) is 5.68. The summed E-state index contributed by atoms with van der Waals surface area (Å²) in [6, 6.07) is 5.62. The molecule has 1 aliphatic rings. The molecule has 1 saturated heterocycles. The lowest BCUT2D eigenvalue weighted by Crippen LogP contribution is -2.50. The van der Waals surface area contributed by atoms with Gasteiger partial charge in [0.25, 0.3) is 0 Å². The lowest BCUT2D eigenvalue weighted by molar-refractivity contribution is -0.699. The summed E-state index contributed by atoms with van der Waals surface area (Å²) < 4.78 is 7.08. The van der Waals surface area contributed by atoms with Crippen LogP contribution in [0.3, 0.4) is 0 Å². The van der Waals surface area contributed by atoms with E-state index in [1.165, 1.54) is 0 Å². The van der Waals surface area contributed by atoms with Crippen molar-refractivity contribution in [2.75, 3.05) is 0 Å². The van der Waals surface area contributed by atoms with Gasteiger partial charge in [0.1, 0.15) is 5.60 Å². The predicted octanol–water partition coefficient (Wildman–Crippen LogP) is 0.885. The van der Waals surface area contributed by atoms with Crippen LogP contribution >= 0.6 is 0 Å². The third-order valence-electron chi connectivity index (χ3n) is 2.82. The smallest absolute Gasteiger partial charge is 0.323 e. The lowest BCUT2D eigenvalue weighted by atomic mass is 9.89. The van der Waals surface area contributed by atoms with Crippen LogP contribution in [-0.4, -0.2) is 17.4 Å². The quantitative estimate of drug-likeness (QED) is 0.433. The number of ketones is 1. The fourth-order valence-electron chi connectivity index (χ4n) is 2.00. The van der Waals surface area contributed by atoms with Gasteiger partial charge in [-0.3, -0.25) is 9.59 Å². The lowest BCUT2D eigenvalue weighted by Gasteiger charge is -2.31. The van der Waals surface area contributed by atoms with Crippen LogP contribution in [0.5, 0.6) is 0 Å². The molecule has 1 aromatic rings. The third kappa shape index (κ3) is 2.70. The molecule has 1 fully saturated rings. The minimum Gasteiger partial charge on any atom is -0.458 e. The number of hydrogen-bond donors (Lipinski definition) is 0. The van der Waals surface area contributed by atoms with Crippen LogP contribution in [0.2, 0.25) is 0 Å². The molecule has 2 heterocycles. The Morgan fingerprint density at radius 1 is 1.29 bits per heavy atom. The Kier molecular flexibility index (Phi) is 2.96. The molecule has 0 radical (unpaired) electrons. The van der Waals surface area contributed by atoms with Crippen molar-refractivity contribution < 1.29 is 18.9 Å². The van der Waals surface area contributed by atoms with Crippen LogP contribution in [0.1, 0.15) is 20.3 Å². The maximum atomic E-state index is 11.9. The Balaban J connectivity index is 2.12. The van der Waals surface area contributed by atoms with E-state index in [-0.39, 0.29) is 12.2 Å². The second-order valence-electron chi connectivity index (χ2n) is 4.95.